The van der Waals surface area contributed by atoms with Crippen LogP contribution in [0.5, 0.6) is 5.75 Å². The second-order valence-electron chi connectivity index (χ2n) is 7.11. The van der Waals surface area contributed by atoms with Crippen LogP contribution in [-0.4, -0.2) is 23.3 Å². The molecular weight excluding hydrogens is 398 g/mol. The van der Waals surface area contributed by atoms with E-state index in [1.54, 1.807) is 30.5 Å². The van der Waals surface area contributed by atoms with Crippen LogP contribution in [0.1, 0.15) is 35.0 Å². The lowest BCUT2D eigenvalue weighted by molar-refractivity contribution is -0.123. The van der Waals surface area contributed by atoms with Gasteiger partial charge in [-0.05, 0) is 56.5 Å². The largest absolute Gasteiger partial charge is 0.482 e. The molecule has 0 spiro atoms. The fraction of sp³-hybridized carbons (Fsp3) is 0.250. The van der Waals surface area contributed by atoms with Crippen molar-refractivity contribution in [3.63, 3.8) is 0 Å². The van der Waals surface area contributed by atoms with Gasteiger partial charge in [0.15, 0.2) is 6.61 Å². The van der Waals surface area contributed by atoms with Gasteiger partial charge >= 0.3 is 0 Å². The summed E-state index contributed by atoms with van der Waals surface area (Å²) in [5.41, 5.74) is 9.38. The van der Waals surface area contributed by atoms with Crippen molar-refractivity contribution >= 4 is 23.7 Å². The maximum absolute atomic E-state index is 12.0. The van der Waals surface area contributed by atoms with Crippen LogP contribution < -0.4 is 10.2 Å². The number of aromatic nitrogens is 1. The van der Waals surface area contributed by atoms with Crippen LogP contribution in [0.25, 0.3) is 5.69 Å². The number of nitrogens with one attached hydrogen (secondary N) is 1. The number of benzene rings is 2. The fourth-order valence-electron chi connectivity index (χ4n) is 3.50. The zero-order chi connectivity index (χ0) is 21.7. The number of hydrazone groups is 1. The first-order valence-corrected chi connectivity index (χ1v) is 10.3. The van der Waals surface area contributed by atoms with Crippen LogP contribution in [0.4, 0.5) is 0 Å². The van der Waals surface area contributed by atoms with Crippen molar-refractivity contribution in [3.8, 4) is 11.4 Å². The lowest BCUT2D eigenvalue weighted by Gasteiger charge is -2.17. The molecule has 3 aromatic rings. The smallest absolute Gasteiger partial charge is 0.277 e. The maximum atomic E-state index is 12.0. The number of amides is 1. The van der Waals surface area contributed by atoms with E-state index in [4.69, 9.17) is 16.3 Å². The van der Waals surface area contributed by atoms with Gasteiger partial charge in [0.2, 0.25) is 0 Å². The number of hydrogen-bond acceptors (Lipinski definition) is 3. The Labute approximate surface area is 182 Å². The summed E-state index contributed by atoms with van der Waals surface area (Å²) in [6.45, 7) is 8.26. The van der Waals surface area contributed by atoms with Gasteiger partial charge in [-0.3, -0.25) is 4.79 Å². The molecule has 0 bridgehead atoms. The number of hydrogen-bond donors (Lipinski definition) is 1. The highest BCUT2D eigenvalue weighted by atomic mass is 35.5. The highest BCUT2D eigenvalue weighted by molar-refractivity contribution is 6.32. The van der Waals surface area contributed by atoms with Crippen molar-refractivity contribution in [3.05, 3.63) is 81.6 Å². The van der Waals surface area contributed by atoms with Crippen molar-refractivity contribution in [2.24, 2.45) is 5.10 Å². The molecule has 1 N–H and O–H groups in total. The number of rotatable bonds is 7. The van der Waals surface area contributed by atoms with Crippen molar-refractivity contribution in [2.45, 2.75) is 34.1 Å². The van der Waals surface area contributed by atoms with Crippen LogP contribution in [-0.2, 0) is 11.2 Å². The lowest BCUT2D eigenvalue weighted by atomic mass is 10.1. The number of carbonyl (C=O) groups is 1. The minimum absolute atomic E-state index is 0.164. The van der Waals surface area contributed by atoms with Gasteiger partial charge in [0.1, 0.15) is 5.75 Å². The Hall–Kier alpha value is -3.05. The summed E-state index contributed by atoms with van der Waals surface area (Å²) in [6.07, 6.45) is 2.62. The van der Waals surface area contributed by atoms with Gasteiger partial charge in [-0.1, -0.05) is 48.9 Å². The first-order valence-electron chi connectivity index (χ1n) is 9.89. The van der Waals surface area contributed by atoms with E-state index in [-0.39, 0.29) is 12.5 Å². The van der Waals surface area contributed by atoms with Crippen LogP contribution in [0.2, 0.25) is 5.02 Å². The minimum atomic E-state index is -0.354. The van der Waals surface area contributed by atoms with Gasteiger partial charge in [-0.2, -0.15) is 5.10 Å². The van der Waals surface area contributed by atoms with E-state index in [1.165, 1.54) is 16.8 Å². The van der Waals surface area contributed by atoms with Crippen LogP contribution in [0, 0.1) is 20.8 Å². The Morgan fingerprint density at radius 1 is 1.17 bits per heavy atom. The maximum Gasteiger partial charge on any atom is 0.277 e. The quantitative estimate of drug-likeness (QED) is 0.422. The first-order chi connectivity index (χ1) is 14.4. The SMILES string of the molecule is CCc1cccc(C)c1-n1c(C)cc(/C=N/NC(=O)COc2ccccc2Cl)c1C. The standard InChI is InChI=1S/C24H26ClN3O2/c1-5-19-10-8-9-16(2)24(19)28-17(3)13-20(18(28)4)14-26-27-23(29)15-30-22-12-7-6-11-21(22)25/h6-14H,5,15H2,1-4H3,(H,27,29)/b26-14+. The molecule has 0 aliphatic rings. The van der Waals surface area contributed by atoms with E-state index >= 15 is 0 Å². The summed E-state index contributed by atoms with van der Waals surface area (Å²) in [5, 5.41) is 4.56. The second-order valence-corrected chi connectivity index (χ2v) is 7.52. The number of para-hydroxylation sites is 2. The monoisotopic (exact) mass is 423 g/mol. The molecule has 0 unspecified atom stereocenters. The van der Waals surface area contributed by atoms with E-state index in [9.17, 15) is 4.79 Å². The van der Waals surface area contributed by atoms with Crippen molar-refractivity contribution in [1.82, 2.24) is 9.99 Å². The van der Waals surface area contributed by atoms with Crippen LogP contribution >= 0.6 is 11.6 Å². The zero-order valence-corrected chi connectivity index (χ0v) is 18.5. The number of halogens is 1. The second kappa shape index (κ2) is 9.63. The van der Waals surface area contributed by atoms with Gasteiger partial charge in [-0.25, -0.2) is 5.43 Å². The highest BCUT2D eigenvalue weighted by Gasteiger charge is 2.14. The molecule has 0 saturated heterocycles. The molecule has 0 radical (unpaired) electrons. The summed E-state index contributed by atoms with van der Waals surface area (Å²) in [4.78, 5) is 12.0. The molecule has 5 nitrogen and oxygen atoms in total. The zero-order valence-electron chi connectivity index (χ0n) is 17.7. The fourth-order valence-corrected chi connectivity index (χ4v) is 3.69. The molecule has 0 fully saturated rings. The molecule has 2 aromatic carbocycles. The third kappa shape index (κ3) is 4.74. The average Bonchev–Trinajstić information content (AvgIpc) is 3.00. The molecule has 30 heavy (non-hydrogen) atoms. The Morgan fingerprint density at radius 2 is 1.93 bits per heavy atom. The van der Waals surface area contributed by atoms with Crippen LogP contribution in [0.3, 0.4) is 0 Å². The molecular formula is C24H26ClN3O2. The Kier molecular flexibility index (Phi) is 6.95. The van der Waals surface area contributed by atoms with Gasteiger partial charge < -0.3 is 9.30 Å². The molecule has 0 aliphatic heterocycles. The van der Waals surface area contributed by atoms with Crippen molar-refractivity contribution in [2.75, 3.05) is 6.61 Å². The van der Waals surface area contributed by atoms with Gasteiger partial charge in [-0.15, -0.1) is 0 Å². The number of aryl methyl sites for hydroxylation is 3. The summed E-state index contributed by atoms with van der Waals surface area (Å²) in [5.74, 6) is 0.110. The van der Waals surface area contributed by atoms with Crippen molar-refractivity contribution < 1.29 is 9.53 Å². The van der Waals surface area contributed by atoms with E-state index in [2.05, 4.69) is 67.1 Å². The Bertz CT molecular complexity index is 1090. The summed E-state index contributed by atoms with van der Waals surface area (Å²) in [6, 6.07) is 15.5. The van der Waals surface area contributed by atoms with Gasteiger partial charge in [0.05, 0.1) is 16.9 Å². The van der Waals surface area contributed by atoms with E-state index in [1.807, 2.05) is 0 Å². The molecule has 156 valence electrons. The van der Waals surface area contributed by atoms with Crippen molar-refractivity contribution in [1.29, 1.82) is 0 Å². The summed E-state index contributed by atoms with van der Waals surface area (Å²) >= 11 is 6.02. The molecule has 1 aromatic heterocycles. The molecule has 1 heterocycles. The third-order valence-electron chi connectivity index (χ3n) is 4.98. The Balaban J connectivity index is 1.71. The predicted octanol–water partition coefficient (Wildman–Crippen LogP) is 5.15. The molecule has 6 heteroatoms. The molecule has 0 atom stereocenters. The minimum Gasteiger partial charge on any atom is -0.482 e. The molecule has 1 amide bonds. The van der Waals surface area contributed by atoms with Crippen LogP contribution in [0.15, 0.2) is 53.6 Å². The lowest BCUT2D eigenvalue weighted by Crippen LogP contribution is -2.24. The Morgan fingerprint density at radius 3 is 2.67 bits per heavy atom. The summed E-state index contributed by atoms with van der Waals surface area (Å²) < 4.78 is 7.67. The average molecular weight is 424 g/mol. The normalized spacial score (nSPS) is 11.1. The highest BCUT2D eigenvalue weighted by Crippen LogP contribution is 2.26. The number of carbonyl (C=O) groups excluding carboxylic acids is 1. The topological polar surface area (TPSA) is 55.6 Å². The predicted molar refractivity (Wildman–Crippen MR) is 122 cm³/mol. The number of nitrogens with zero attached hydrogens (tertiary/aromatic N) is 2. The van der Waals surface area contributed by atoms with E-state index in [0.29, 0.717) is 10.8 Å². The molecule has 0 saturated carbocycles. The van der Waals surface area contributed by atoms with E-state index in [0.717, 1.165) is 23.4 Å². The summed E-state index contributed by atoms with van der Waals surface area (Å²) in [7, 11) is 0. The third-order valence-corrected chi connectivity index (χ3v) is 5.30. The molecule has 0 aliphatic carbocycles. The first kappa shape index (κ1) is 21.7. The molecule has 3 rings (SSSR count). The van der Waals surface area contributed by atoms with Gasteiger partial charge in [0, 0.05) is 17.0 Å². The number of ether oxygens (including phenoxy) is 1. The van der Waals surface area contributed by atoms with E-state index < -0.39 is 0 Å². The van der Waals surface area contributed by atoms with Gasteiger partial charge in [0.25, 0.3) is 5.91 Å².